The van der Waals surface area contributed by atoms with Gasteiger partial charge >= 0.3 is 0 Å². The molecule has 102 valence electrons. The lowest BCUT2D eigenvalue weighted by Crippen LogP contribution is -2.15. The van der Waals surface area contributed by atoms with E-state index < -0.39 is 0 Å². The summed E-state index contributed by atoms with van der Waals surface area (Å²) in [5.41, 5.74) is 1.50. The lowest BCUT2D eigenvalue weighted by molar-refractivity contribution is 0.509. The summed E-state index contributed by atoms with van der Waals surface area (Å²) in [6.45, 7) is 6.74. The van der Waals surface area contributed by atoms with E-state index in [1.54, 1.807) is 6.33 Å². The Kier molecular flexibility index (Phi) is 3.44. The second-order valence-electron chi connectivity index (χ2n) is 5.71. The number of thiophene rings is 1. The molecule has 19 heavy (non-hydrogen) atoms. The Morgan fingerprint density at radius 3 is 3.11 bits per heavy atom. The number of nitrogens with one attached hydrogen (secondary N) is 1. The first-order chi connectivity index (χ1) is 9.19. The fourth-order valence-corrected chi connectivity index (χ4v) is 4.07. The van der Waals surface area contributed by atoms with Gasteiger partial charge < -0.3 is 5.32 Å². The van der Waals surface area contributed by atoms with Gasteiger partial charge in [-0.25, -0.2) is 9.97 Å². The minimum atomic E-state index is 0.455. The molecule has 2 aromatic rings. The highest BCUT2D eigenvalue weighted by Crippen LogP contribution is 2.39. The van der Waals surface area contributed by atoms with Crippen molar-refractivity contribution in [2.45, 2.75) is 52.5 Å². The van der Waals surface area contributed by atoms with Gasteiger partial charge in [-0.05, 0) is 44.1 Å². The quantitative estimate of drug-likeness (QED) is 0.919. The van der Waals surface area contributed by atoms with Crippen molar-refractivity contribution in [3.8, 4) is 0 Å². The monoisotopic (exact) mass is 275 g/mol. The number of nitrogens with zero attached hydrogens (tertiary/aromatic N) is 2. The minimum Gasteiger partial charge on any atom is -0.367 e. The average Bonchev–Trinajstić information content (AvgIpc) is 2.76. The van der Waals surface area contributed by atoms with Crippen LogP contribution in [0.3, 0.4) is 0 Å². The Hall–Kier alpha value is -1.16. The number of anilines is 1. The zero-order valence-electron chi connectivity index (χ0n) is 11.9. The van der Waals surface area contributed by atoms with Crippen LogP contribution in [-0.4, -0.2) is 16.0 Å². The zero-order chi connectivity index (χ0) is 13.4. The van der Waals surface area contributed by atoms with Crippen LogP contribution in [0.2, 0.25) is 0 Å². The molecule has 0 aromatic carbocycles. The molecule has 1 N–H and O–H groups in total. The Labute approximate surface area is 118 Å². The van der Waals surface area contributed by atoms with Crippen molar-refractivity contribution in [3.63, 3.8) is 0 Å². The molecule has 0 aliphatic heterocycles. The number of aromatic nitrogens is 2. The van der Waals surface area contributed by atoms with Gasteiger partial charge in [0.05, 0.1) is 5.39 Å². The van der Waals surface area contributed by atoms with Crippen LogP contribution in [0.15, 0.2) is 6.33 Å². The molecule has 3 nitrogen and oxygen atoms in total. The van der Waals surface area contributed by atoms with Crippen molar-refractivity contribution in [2.75, 3.05) is 5.32 Å². The van der Waals surface area contributed by atoms with Crippen molar-refractivity contribution in [2.24, 2.45) is 5.92 Å². The highest BCUT2D eigenvalue weighted by molar-refractivity contribution is 7.19. The Balaban J connectivity index is 2.08. The number of hydrogen-bond donors (Lipinski definition) is 1. The molecule has 3 rings (SSSR count). The van der Waals surface area contributed by atoms with Gasteiger partial charge in [0, 0.05) is 10.9 Å². The predicted octanol–water partition coefficient (Wildman–Crippen LogP) is 4.03. The molecule has 0 radical (unpaired) electrons. The van der Waals surface area contributed by atoms with Gasteiger partial charge in [-0.15, -0.1) is 11.3 Å². The molecule has 2 atom stereocenters. The molecule has 0 saturated carbocycles. The van der Waals surface area contributed by atoms with E-state index in [-0.39, 0.29) is 0 Å². The smallest absolute Gasteiger partial charge is 0.138 e. The molecule has 1 aliphatic rings. The average molecular weight is 275 g/mol. The van der Waals surface area contributed by atoms with Crippen molar-refractivity contribution < 1.29 is 0 Å². The van der Waals surface area contributed by atoms with E-state index in [1.807, 2.05) is 11.3 Å². The highest BCUT2D eigenvalue weighted by Gasteiger charge is 2.23. The van der Waals surface area contributed by atoms with Crippen LogP contribution in [0.25, 0.3) is 10.2 Å². The normalized spacial score (nSPS) is 20.3. The molecule has 0 saturated heterocycles. The summed E-state index contributed by atoms with van der Waals surface area (Å²) in [5, 5.41) is 4.82. The van der Waals surface area contributed by atoms with Crippen molar-refractivity contribution in [1.29, 1.82) is 0 Å². The largest absolute Gasteiger partial charge is 0.367 e. The molecule has 1 aliphatic carbocycles. The van der Waals surface area contributed by atoms with Gasteiger partial charge in [0.25, 0.3) is 0 Å². The minimum absolute atomic E-state index is 0.455. The van der Waals surface area contributed by atoms with E-state index in [2.05, 4.69) is 36.1 Å². The van der Waals surface area contributed by atoms with Crippen LogP contribution in [-0.2, 0) is 12.8 Å². The maximum atomic E-state index is 4.48. The standard InChI is InChI=1S/C15H21N3S/c1-4-10(3)18-14-13-11-6-5-9(2)7-12(11)19-15(13)17-8-16-14/h8-10H,4-7H2,1-3H3,(H,16,17,18). The van der Waals surface area contributed by atoms with Gasteiger partial charge in [0.2, 0.25) is 0 Å². The fraction of sp³-hybridized carbons (Fsp3) is 0.600. The molecule has 2 heterocycles. The molecular weight excluding hydrogens is 254 g/mol. The van der Waals surface area contributed by atoms with Gasteiger partial charge in [0.15, 0.2) is 0 Å². The van der Waals surface area contributed by atoms with E-state index in [9.17, 15) is 0 Å². The number of rotatable bonds is 3. The first-order valence-electron chi connectivity index (χ1n) is 7.20. The highest BCUT2D eigenvalue weighted by atomic mass is 32.1. The number of fused-ring (bicyclic) bond motifs is 3. The van der Waals surface area contributed by atoms with Gasteiger partial charge in [0.1, 0.15) is 17.0 Å². The maximum absolute atomic E-state index is 4.48. The second kappa shape index (κ2) is 5.08. The Morgan fingerprint density at radius 2 is 2.32 bits per heavy atom. The first kappa shape index (κ1) is 12.9. The molecule has 2 aromatic heterocycles. The van der Waals surface area contributed by atoms with Crippen molar-refractivity contribution in [1.82, 2.24) is 9.97 Å². The third-order valence-corrected chi connectivity index (χ3v) is 5.25. The maximum Gasteiger partial charge on any atom is 0.138 e. The molecule has 4 heteroatoms. The van der Waals surface area contributed by atoms with Crippen LogP contribution in [0.4, 0.5) is 5.82 Å². The third-order valence-electron chi connectivity index (χ3n) is 4.09. The molecular formula is C15H21N3S. The van der Waals surface area contributed by atoms with Gasteiger partial charge in [-0.1, -0.05) is 13.8 Å². The molecule has 0 fully saturated rings. The lowest BCUT2D eigenvalue weighted by Gasteiger charge is -2.19. The molecule has 2 unspecified atom stereocenters. The van der Waals surface area contributed by atoms with E-state index in [0.29, 0.717) is 6.04 Å². The van der Waals surface area contributed by atoms with Crippen LogP contribution in [0.1, 0.15) is 44.1 Å². The molecule has 0 spiro atoms. The van der Waals surface area contributed by atoms with Crippen LogP contribution in [0, 0.1) is 5.92 Å². The Bertz CT molecular complexity index is 590. The summed E-state index contributed by atoms with van der Waals surface area (Å²) in [7, 11) is 0. The van der Waals surface area contributed by atoms with Crippen molar-refractivity contribution in [3.05, 3.63) is 16.8 Å². The SMILES string of the molecule is CCC(C)Nc1ncnc2sc3c(c12)CCC(C)C3. The fourth-order valence-electron chi connectivity index (χ4n) is 2.72. The summed E-state index contributed by atoms with van der Waals surface area (Å²) in [5.74, 6) is 1.84. The van der Waals surface area contributed by atoms with Crippen molar-refractivity contribution >= 4 is 27.4 Å². The van der Waals surface area contributed by atoms with Crippen LogP contribution < -0.4 is 5.32 Å². The first-order valence-corrected chi connectivity index (χ1v) is 8.02. The lowest BCUT2D eigenvalue weighted by atomic mass is 9.89. The topological polar surface area (TPSA) is 37.8 Å². The number of aryl methyl sites for hydroxylation is 1. The van der Waals surface area contributed by atoms with Crippen LogP contribution in [0.5, 0.6) is 0 Å². The molecule has 0 bridgehead atoms. The van der Waals surface area contributed by atoms with Gasteiger partial charge in [-0.3, -0.25) is 0 Å². The Morgan fingerprint density at radius 1 is 1.47 bits per heavy atom. The summed E-state index contributed by atoms with van der Waals surface area (Å²) >= 11 is 1.86. The third kappa shape index (κ3) is 2.34. The summed E-state index contributed by atoms with van der Waals surface area (Å²) in [4.78, 5) is 11.6. The van der Waals surface area contributed by atoms with E-state index >= 15 is 0 Å². The van der Waals surface area contributed by atoms with Gasteiger partial charge in [-0.2, -0.15) is 0 Å². The summed E-state index contributed by atoms with van der Waals surface area (Å²) in [6, 6.07) is 0.455. The zero-order valence-corrected chi connectivity index (χ0v) is 12.7. The van der Waals surface area contributed by atoms with E-state index in [4.69, 9.17) is 0 Å². The second-order valence-corrected chi connectivity index (χ2v) is 6.79. The molecule has 0 amide bonds. The summed E-state index contributed by atoms with van der Waals surface area (Å²) in [6.07, 6.45) is 6.47. The predicted molar refractivity (Wildman–Crippen MR) is 82.0 cm³/mol. The van der Waals surface area contributed by atoms with E-state index in [1.165, 1.54) is 35.1 Å². The van der Waals surface area contributed by atoms with Crippen LogP contribution >= 0.6 is 11.3 Å². The summed E-state index contributed by atoms with van der Waals surface area (Å²) < 4.78 is 0. The number of hydrogen-bond acceptors (Lipinski definition) is 4. The van der Waals surface area contributed by atoms with E-state index in [0.717, 1.165) is 23.0 Å².